The first-order chi connectivity index (χ1) is 6.01. The Morgan fingerprint density at radius 2 is 2.08 bits per heavy atom. The van der Waals surface area contributed by atoms with E-state index in [0.717, 1.165) is 31.9 Å². The molecular formula is C9H18O3S. The van der Waals surface area contributed by atoms with Crippen molar-refractivity contribution in [1.82, 2.24) is 0 Å². The van der Waals surface area contributed by atoms with Gasteiger partial charge in [-0.3, -0.25) is 4.18 Å². The van der Waals surface area contributed by atoms with Crippen molar-refractivity contribution in [2.75, 3.05) is 6.26 Å². The molecule has 0 radical (unpaired) electrons. The lowest BCUT2D eigenvalue weighted by Crippen LogP contribution is -2.24. The highest BCUT2D eigenvalue weighted by Gasteiger charge is 2.23. The Morgan fingerprint density at radius 3 is 2.62 bits per heavy atom. The Balaban J connectivity index is 2.43. The molecule has 13 heavy (non-hydrogen) atoms. The highest BCUT2D eigenvalue weighted by molar-refractivity contribution is 7.86. The fourth-order valence-electron chi connectivity index (χ4n) is 1.95. The second-order valence-corrected chi connectivity index (χ2v) is 5.46. The van der Waals surface area contributed by atoms with Gasteiger partial charge in [-0.25, -0.2) is 0 Å². The highest BCUT2D eigenvalue weighted by Crippen LogP contribution is 2.28. The average molecular weight is 206 g/mol. The quantitative estimate of drug-likeness (QED) is 0.663. The van der Waals surface area contributed by atoms with Crippen LogP contribution in [-0.4, -0.2) is 20.8 Å². The molecule has 3 nitrogen and oxygen atoms in total. The molecule has 0 aliphatic heterocycles. The van der Waals surface area contributed by atoms with Crippen LogP contribution in [-0.2, 0) is 14.3 Å². The van der Waals surface area contributed by atoms with Crippen molar-refractivity contribution in [1.29, 1.82) is 0 Å². The molecule has 2 atom stereocenters. The van der Waals surface area contributed by atoms with Crippen molar-refractivity contribution in [2.24, 2.45) is 5.92 Å². The maximum absolute atomic E-state index is 10.9. The van der Waals surface area contributed by atoms with Crippen molar-refractivity contribution >= 4 is 10.1 Å². The van der Waals surface area contributed by atoms with E-state index in [1.165, 1.54) is 6.42 Å². The first-order valence-corrected chi connectivity index (χ1v) is 6.71. The molecular weight excluding hydrogens is 188 g/mol. The van der Waals surface area contributed by atoms with Gasteiger partial charge in [0.1, 0.15) is 0 Å². The van der Waals surface area contributed by atoms with Crippen LogP contribution in [0, 0.1) is 5.92 Å². The molecule has 1 aliphatic rings. The Labute approximate surface area is 80.6 Å². The number of rotatable bonds is 3. The third-order valence-corrected chi connectivity index (χ3v) is 3.24. The van der Waals surface area contributed by atoms with E-state index in [1.807, 2.05) is 0 Å². The van der Waals surface area contributed by atoms with Crippen molar-refractivity contribution in [2.45, 2.75) is 45.1 Å². The van der Waals surface area contributed by atoms with Gasteiger partial charge in [0.2, 0.25) is 0 Å². The Hall–Kier alpha value is -0.0900. The fraction of sp³-hybridized carbons (Fsp3) is 1.00. The molecule has 1 aliphatic carbocycles. The van der Waals surface area contributed by atoms with Crippen LogP contribution >= 0.6 is 0 Å². The maximum Gasteiger partial charge on any atom is 0.264 e. The van der Waals surface area contributed by atoms with Crippen LogP contribution in [0.4, 0.5) is 0 Å². The monoisotopic (exact) mass is 206 g/mol. The zero-order chi connectivity index (χ0) is 9.90. The van der Waals surface area contributed by atoms with Gasteiger partial charge in [-0.1, -0.05) is 26.2 Å². The molecule has 0 heterocycles. The normalized spacial score (nSPS) is 30.3. The summed E-state index contributed by atoms with van der Waals surface area (Å²) in [5, 5.41) is 0. The van der Waals surface area contributed by atoms with Gasteiger partial charge in [-0.2, -0.15) is 8.42 Å². The van der Waals surface area contributed by atoms with Gasteiger partial charge in [0.05, 0.1) is 12.4 Å². The molecule has 1 saturated carbocycles. The summed E-state index contributed by atoms with van der Waals surface area (Å²) in [6.45, 7) is 2.15. The van der Waals surface area contributed by atoms with E-state index in [-0.39, 0.29) is 6.10 Å². The van der Waals surface area contributed by atoms with Crippen LogP contribution in [0.1, 0.15) is 39.0 Å². The second-order valence-electron chi connectivity index (χ2n) is 3.86. The number of hydrogen-bond acceptors (Lipinski definition) is 3. The van der Waals surface area contributed by atoms with Gasteiger partial charge in [-0.05, 0) is 18.8 Å². The third-order valence-electron chi connectivity index (χ3n) is 2.62. The maximum atomic E-state index is 10.9. The van der Waals surface area contributed by atoms with Gasteiger partial charge < -0.3 is 0 Å². The van der Waals surface area contributed by atoms with Gasteiger partial charge in [0.25, 0.3) is 10.1 Å². The molecule has 0 amide bonds. The van der Waals surface area contributed by atoms with Crippen molar-refractivity contribution < 1.29 is 12.6 Å². The van der Waals surface area contributed by atoms with Crippen LogP contribution in [0.2, 0.25) is 0 Å². The molecule has 2 unspecified atom stereocenters. The molecule has 0 bridgehead atoms. The summed E-state index contributed by atoms with van der Waals surface area (Å²) in [7, 11) is -3.26. The van der Waals surface area contributed by atoms with E-state index in [2.05, 4.69) is 6.92 Å². The lowest BCUT2D eigenvalue weighted by atomic mass is 9.86. The predicted octanol–water partition coefficient (Wildman–Crippen LogP) is 1.93. The summed E-state index contributed by atoms with van der Waals surface area (Å²) in [4.78, 5) is 0. The van der Waals surface area contributed by atoms with Crippen LogP contribution in [0.15, 0.2) is 0 Å². The van der Waals surface area contributed by atoms with E-state index < -0.39 is 10.1 Å². The van der Waals surface area contributed by atoms with E-state index in [4.69, 9.17) is 4.18 Å². The molecule has 78 valence electrons. The van der Waals surface area contributed by atoms with Crippen molar-refractivity contribution in [3.63, 3.8) is 0 Å². The number of hydrogen-bond donors (Lipinski definition) is 0. The fourth-order valence-corrected chi connectivity index (χ4v) is 2.62. The summed E-state index contributed by atoms with van der Waals surface area (Å²) in [6, 6.07) is 0. The SMILES string of the molecule is CCC1CCCC(OS(C)(=O)=O)C1. The van der Waals surface area contributed by atoms with Crippen molar-refractivity contribution in [3.8, 4) is 0 Å². The molecule has 4 heteroatoms. The molecule has 0 N–H and O–H groups in total. The zero-order valence-corrected chi connectivity index (χ0v) is 9.14. The summed E-state index contributed by atoms with van der Waals surface area (Å²) < 4.78 is 26.7. The standard InChI is InChI=1S/C9H18O3S/c1-3-8-5-4-6-9(7-8)12-13(2,10)11/h8-9H,3-7H2,1-2H3. The predicted molar refractivity (Wildman–Crippen MR) is 52.0 cm³/mol. The van der Waals surface area contributed by atoms with Crippen LogP contribution < -0.4 is 0 Å². The third kappa shape index (κ3) is 4.09. The van der Waals surface area contributed by atoms with Crippen LogP contribution in [0.3, 0.4) is 0 Å². The van der Waals surface area contributed by atoms with E-state index in [1.54, 1.807) is 0 Å². The largest absolute Gasteiger partial charge is 0.267 e. The van der Waals surface area contributed by atoms with Gasteiger partial charge in [-0.15, -0.1) is 0 Å². The Kier molecular flexibility index (Phi) is 3.74. The first kappa shape index (κ1) is 11.0. The molecule has 0 saturated heterocycles. The summed E-state index contributed by atoms with van der Waals surface area (Å²) >= 11 is 0. The van der Waals surface area contributed by atoms with E-state index in [9.17, 15) is 8.42 Å². The summed E-state index contributed by atoms with van der Waals surface area (Å²) in [5.74, 6) is 0.653. The average Bonchev–Trinajstić information content (AvgIpc) is 2.01. The first-order valence-electron chi connectivity index (χ1n) is 4.89. The highest BCUT2D eigenvalue weighted by atomic mass is 32.2. The second kappa shape index (κ2) is 4.42. The van der Waals surface area contributed by atoms with Crippen LogP contribution in [0.25, 0.3) is 0 Å². The van der Waals surface area contributed by atoms with Gasteiger partial charge in [0, 0.05) is 0 Å². The Morgan fingerprint density at radius 1 is 1.38 bits per heavy atom. The minimum Gasteiger partial charge on any atom is -0.267 e. The topological polar surface area (TPSA) is 43.4 Å². The summed E-state index contributed by atoms with van der Waals surface area (Å²) in [6.07, 6.45) is 6.31. The lowest BCUT2D eigenvalue weighted by Gasteiger charge is -2.27. The minimum absolute atomic E-state index is 0.0614. The lowest BCUT2D eigenvalue weighted by molar-refractivity contribution is 0.129. The van der Waals surface area contributed by atoms with Crippen molar-refractivity contribution in [3.05, 3.63) is 0 Å². The minimum atomic E-state index is -3.26. The van der Waals surface area contributed by atoms with E-state index >= 15 is 0 Å². The molecule has 0 aromatic carbocycles. The molecule has 1 rings (SSSR count). The van der Waals surface area contributed by atoms with Gasteiger partial charge >= 0.3 is 0 Å². The summed E-state index contributed by atoms with van der Waals surface area (Å²) in [5.41, 5.74) is 0. The smallest absolute Gasteiger partial charge is 0.264 e. The Bertz CT molecular complexity index is 246. The molecule has 0 spiro atoms. The molecule has 0 aromatic rings. The van der Waals surface area contributed by atoms with Gasteiger partial charge in [0.15, 0.2) is 0 Å². The zero-order valence-electron chi connectivity index (χ0n) is 8.32. The van der Waals surface area contributed by atoms with Crippen LogP contribution in [0.5, 0.6) is 0 Å². The van der Waals surface area contributed by atoms with E-state index in [0.29, 0.717) is 5.92 Å². The molecule has 0 aromatic heterocycles. The molecule has 1 fully saturated rings.